The second-order valence-corrected chi connectivity index (χ2v) is 6.47. The van der Waals surface area contributed by atoms with E-state index in [1.807, 2.05) is 12.1 Å². The SMILES string of the molecule is Cn1nccc1C(O)Nc1cccc2c(=O)cc(-c3ccccc3Cl)oc12. The summed E-state index contributed by atoms with van der Waals surface area (Å²) in [5.41, 5.74) is 1.86. The van der Waals surface area contributed by atoms with E-state index in [9.17, 15) is 9.90 Å². The van der Waals surface area contributed by atoms with Gasteiger partial charge in [0.15, 0.2) is 17.2 Å². The maximum absolute atomic E-state index is 12.6. The van der Waals surface area contributed by atoms with Crippen LogP contribution >= 0.6 is 11.6 Å². The monoisotopic (exact) mass is 381 g/mol. The Labute approximate surface area is 159 Å². The van der Waals surface area contributed by atoms with Gasteiger partial charge >= 0.3 is 0 Å². The lowest BCUT2D eigenvalue weighted by atomic mass is 10.1. The summed E-state index contributed by atoms with van der Waals surface area (Å²) in [7, 11) is 1.74. The van der Waals surface area contributed by atoms with E-state index in [1.54, 1.807) is 54.3 Å². The van der Waals surface area contributed by atoms with Crippen LogP contribution in [0.4, 0.5) is 5.69 Å². The van der Waals surface area contributed by atoms with Gasteiger partial charge in [0.2, 0.25) is 0 Å². The highest BCUT2D eigenvalue weighted by atomic mass is 35.5. The first kappa shape index (κ1) is 17.3. The van der Waals surface area contributed by atoms with Crippen molar-refractivity contribution in [1.82, 2.24) is 9.78 Å². The summed E-state index contributed by atoms with van der Waals surface area (Å²) < 4.78 is 7.57. The summed E-state index contributed by atoms with van der Waals surface area (Å²) in [4.78, 5) is 12.6. The fourth-order valence-corrected chi connectivity index (χ4v) is 3.19. The Hall–Kier alpha value is -3.09. The molecule has 0 amide bonds. The van der Waals surface area contributed by atoms with Crippen LogP contribution in [0.2, 0.25) is 5.02 Å². The molecule has 2 aromatic heterocycles. The Balaban J connectivity index is 1.83. The number of nitrogens with zero attached hydrogens (tertiary/aromatic N) is 2. The molecule has 1 atom stereocenters. The number of anilines is 1. The average molecular weight is 382 g/mol. The van der Waals surface area contributed by atoms with Gasteiger partial charge in [-0.1, -0.05) is 29.8 Å². The number of hydrogen-bond acceptors (Lipinski definition) is 5. The van der Waals surface area contributed by atoms with Gasteiger partial charge in [-0.25, -0.2) is 0 Å². The molecule has 136 valence electrons. The molecular formula is C20H16ClN3O3. The summed E-state index contributed by atoms with van der Waals surface area (Å²) in [5, 5.41) is 18.4. The number of fused-ring (bicyclic) bond motifs is 1. The molecule has 1 unspecified atom stereocenters. The summed E-state index contributed by atoms with van der Waals surface area (Å²) in [6.45, 7) is 0. The van der Waals surface area contributed by atoms with Gasteiger partial charge in [0.05, 0.1) is 21.8 Å². The lowest BCUT2D eigenvalue weighted by molar-refractivity contribution is 0.198. The Morgan fingerprint density at radius 1 is 1.19 bits per heavy atom. The highest BCUT2D eigenvalue weighted by Crippen LogP contribution is 2.32. The number of rotatable bonds is 4. The number of benzene rings is 2. The molecule has 6 nitrogen and oxygen atoms in total. The molecule has 0 bridgehead atoms. The van der Waals surface area contributed by atoms with Crippen LogP contribution in [-0.4, -0.2) is 14.9 Å². The van der Waals surface area contributed by atoms with E-state index in [1.165, 1.54) is 6.07 Å². The maximum atomic E-state index is 12.6. The maximum Gasteiger partial charge on any atom is 0.193 e. The number of nitrogens with one attached hydrogen (secondary N) is 1. The molecule has 4 aromatic rings. The summed E-state index contributed by atoms with van der Waals surface area (Å²) >= 11 is 6.24. The summed E-state index contributed by atoms with van der Waals surface area (Å²) in [5.74, 6) is 0.363. The molecule has 0 saturated heterocycles. The van der Waals surface area contributed by atoms with Crippen molar-refractivity contribution in [3.05, 3.63) is 81.7 Å². The predicted octanol–water partition coefficient (Wildman–Crippen LogP) is 3.95. The molecule has 0 aliphatic heterocycles. The molecule has 0 saturated carbocycles. The molecule has 2 heterocycles. The van der Waals surface area contributed by atoms with Gasteiger partial charge in [-0.2, -0.15) is 5.10 Å². The van der Waals surface area contributed by atoms with Crippen molar-refractivity contribution in [3.63, 3.8) is 0 Å². The van der Waals surface area contributed by atoms with Crippen LogP contribution in [0.15, 0.2) is 70.0 Å². The zero-order valence-corrected chi connectivity index (χ0v) is 15.1. The second-order valence-electron chi connectivity index (χ2n) is 6.06. The first-order chi connectivity index (χ1) is 13.0. The van der Waals surface area contributed by atoms with Crippen molar-refractivity contribution >= 4 is 28.3 Å². The van der Waals surface area contributed by atoms with Crippen LogP contribution in [0.5, 0.6) is 0 Å². The highest BCUT2D eigenvalue weighted by molar-refractivity contribution is 6.33. The number of aryl methyl sites for hydroxylation is 1. The summed E-state index contributed by atoms with van der Waals surface area (Å²) in [6.07, 6.45) is 0.580. The van der Waals surface area contributed by atoms with Gasteiger partial charge in [-0.3, -0.25) is 9.48 Å². The van der Waals surface area contributed by atoms with Crippen molar-refractivity contribution in [3.8, 4) is 11.3 Å². The average Bonchev–Trinajstić information content (AvgIpc) is 3.09. The van der Waals surface area contributed by atoms with Gasteiger partial charge in [0, 0.05) is 24.9 Å². The molecule has 0 fully saturated rings. The third-order valence-electron chi connectivity index (χ3n) is 4.33. The first-order valence-corrected chi connectivity index (χ1v) is 8.66. The van der Waals surface area contributed by atoms with E-state index in [0.717, 1.165) is 0 Å². The van der Waals surface area contributed by atoms with Crippen LogP contribution in [0.3, 0.4) is 0 Å². The first-order valence-electron chi connectivity index (χ1n) is 8.29. The van der Waals surface area contributed by atoms with E-state index in [-0.39, 0.29) is 5.43 Å². The van der Waals surface area contributed by atoms with Crippen molar-refractivity contribution in [2.24, 2.45) is 7.05 Å². The van der Waals surface area contributed by atoms with Crippen LogP contribution in [0.25, 0.3) is 22.3 Å². The largest absolute Gasteiger partial charge is 0.454 e. The fourth-order valence-electron chi connectivity index (χ4n) is 2.96. The minimum absolute atomic E-state index is 0.190. The fraction of sp³-hybridized carbons (Fsp3) is 0.100. The number of aliphatic hydroxyl groups excluding tert-OH is 1. The van der Waals surface area contributed by atoms with Crippen molar-refractivity contribution < 1.29 is 9.52 Å². The molecule has 2 aromatic carbocycles. The normalized spacial score (nSPS) is 12.3. The number of aromatic nitrogens is 2. The van der Waals surface area contributed by atoms with Crippen LogP contribution in [-0.2, 0) is 7.05 Å². The molecule has 2 N–H and O–H groups in total. The van der Waals surface area contributed by atoms with Crippen LogP contribution in [0.1, 0.15) is 11.9 Å². The van der Waals surface area contributed by atoms with E-state index in [2.05, 4.69) is 10.4 Å². The second kappa shape index (κ2) is 6.90. The smallest absolute Gasteiger partial charge is 0.193 e. The number of para-hydroxylation sites is 1. The van der Waals surface area contributed by atoms with E-state index in [4.69, 9.17) is 16.0 Å². The highest BCUT2D eigenvalue weighted by Gasteiger charge is 2.16. The van der Waals surface area contributed by atoms with Gasteiger partial charge in [0.25, 0.3) is 0 Å². The van der Waals surface area contributed by atoms with E-state index < -0.39 is 6.23 Å². The Morgan fingerprint density at radius 2 is 2.00 bits per heavy atom. The van der Waals surface area contributed by atoms with Crippen LogP contribution in [0, 0.1) is 0 Å². The molecule has 0 spiro atoms. The quantitative estimate of drug-likeness (QED) is 0.523. The standard InChI is InChI=1S/C20H16ClN3O3/c1-24-16(9-10-22-24)20(26)23-15-8-4-6-13-17(25)11-18(27-19(13)15)12-5-2-3-7-14(12)21/h2-11,20,23,26H,1H3. The third kappa shape index (κ3) is 3.20. The van der Waals surface area contributed by atoms with Gasteiger partial charge in [-0.05, 0) is 30.3 Å². The van der Waals surface area contributed by atoms with E-state index in [0.29, 0.717) is 38.7 Å². The van der Waals surface area contributed by atoms with Crippen molar-refractivity contribution in [2.75, 3.05) is 5.32 Å². The number of halogens is 1. The van der Waals surface area contributed by atoms with E-state index >= 15 is 0 Å². The molecule has 0 aliphatic carbocycles. The molecule has 7 heteroatoms. The molecule has 0 radical (unpaired) electrons. The predicted molar refractivity (Wildman–Crippen MR) is 105 cm³/mol. The topological polar surface area (TPSA) is 80.3 Å². The molecule has 4 rings (SSSR count). The Bertz CT molecular complexity index is 1180. The number of aliphatic hydroxyl groups is 1. The lowest BCUT2D eigenvalue weighted by Crippen LogP contribution is -2.14. The lowest BCUT2D eigenvalue weighted by Gasteiger charge is -2.16. The molecule has 27 heavy (non-hydrogen) atoms. The number of hydrogen-bond donors (Lipinski definition) is 2. The third-order valence-corrected chi connectivity index (χ3v) is 4.65. The minimum atomic E-state index is -1.02. The molecule has 0 aliphatic rings. The molecular weight excluding hydrogens is 366 g/mol. The zero-order chi connectivity index (χ0) is 19.0. The van der Waals surface area contributed by atoms with Gasteiger partial charge < -0.3 is 14.8 Å². The zero-order valence-electron chi connectivity index (χ0n) is 14.4. The van der Waals surface area contributed by atoms with Crippen molar-refractivity contribution in [1.29, 1.82) is 0 Å². The summed E-state index contributed by atoms with van der Waals surface area (Å²) in [6, 6.07) is 15.4. The van der Waals surface area contributed by atoms with Crippen molar-refractivity contribution in [2.45, 2.75) is 6.23 Å². The minimum Gasteiger partial charge on any atom is -0.454 e. The van der Waals surface area contributed by atoms with Crippen LogP contribution < -0.4 is 10.7 Å². The van der Waals surface area contributed by atoms with Gasteiger partial charge in [0.1, 0.15) is 5.76 Å². The Kier molecular flexibility index (Phi) is 4.43. The van der Waals surface area contributed by atoms with Gasteiger partial charge in [-0.15, -0.1) is 0 Å². The Morgan fingerprint density at radius 3 is 2.74 bits per heavy atom.